The van der Waals surface area contributed by atoms with Crippen molar-refractivity contribution in [2.45, 2.75) is 6.42 Å². The minimum Gasteiger partial charge on any atom is -0.496 e. The molecule has 94 valence electrons. The van der Waals surface area contributed by atoms with E-state index in [1.165, 1.54) is 7.11 Å². The molecule has 0 unspecified atom stereocenters. The first kappa shape index (κ1) is 13.3. The summed E-state index contributed by atoms with van der Waals surface area (Å²) >= 11 is 0. The maximum atomic E-state index is 11.9. The van der Waals surface area contributed by atoms with Crippen molar-refractivity contribution < 1.29 is 14.3 Å². The topological polar surface area (TPSA) is 73.6 Å². The van der Waals surface area contributed by atoms with E-state index in [1.54, 1.807) is 25.3 Å². The molecule has 0 saturated carbocycles. The van der Waals surface area contributed by atoms with Crippen LogP contribution in [0.3, 0.4) is 0 Å². The Morgan fingerprint density at radius 3 is 2.82 bits per heavy atom. The zero-order chi connectivity index (χ0) is 12.7. The quantitative estimate of drug-likeness (QED) is 0.573. The number of ether oxygens (including phenoxy) is 2. The molecule has 0 atom stereocenters. The average Bonchev–Trinajstić information content (AvgIpc) is 2.34. The van der Waals surface area contributed by atoms with E-state index in [4.69, 9.17) is 15.2 Å². The first-order valence-corrected chi connectivity index (χ1v) is 5.39. The number of methoxy groups -OCH3 is 2. The van der Waals surface area contributed by atoms with Crippen LogP contribution in [0.4, 0.5) is 5.69 Å². The number of rotatable bonds is 6. The maximum Gasteiger partial charge on any atom is 0.255 e. The van der Waals surface area contributed by atoms with Crippen molar-refractivity contribution in [2.75, 3.05) is 33.1 Å². The minimum atomic E-state index is -0.190. The lowest BCUT2D eigenvalue weighted by molar-refractivity contribution is 0.0945. The molecule has 1 amide bonds. The number of carbonyl (C=O) groups is 1. The number of benzene rings is 1. The molecule has 5 nitrogen and oxygen atoms in total. The van der Waals surface area contributed by atoms with Gasteiger partial charge in [-0.15, -0.1) is 0 Å². The van der Waals surface area contributed by atoms with E-state index < -0.39 is 0 Å². The van der Waals surface area contributed by atoms with Crippen LogP contribution in [0, 0.1) is 0 Å². The van der Waals surface area contributed by atoms with Gasteiger partial charge in [-0.25, -0.2) is 0 Å². The molecule has 3 N–H and O–H groups in total. The molecule has 0 aromatic heterocycles. The number of nitrogen functional groups attached to an aromatic ring is 1. The Hall–Kier alpha value is -1.75. The van der Waals surface area contributed by atoms with E-state index in [2.05, 4.69) is 5.32 Å². The number of nitrogens with one attached hydrogen (secondary N) is 1. The Labute approximate surface area is 101 Å². The summed E-state index contributed by atoms with van der Waals surface area (Å²) in [6.45, 7) is 1.18. The predicted molar refractivity (Wildman–Crippen MR) is 66.2 cm³/mol. The van der Waals surface area contributed by atoms with E-state index in [9.17, 15) is 4.79 Å². The van der Waals surface area contributed by atoms with Crippen LogP contribution in [0.5, 0.6) is 5.75 Å². The number of nitrogens with two attached hydrogens (primary N) is 1. The molecule has 0 heterocycles. The van der Waals surface area contributed by atoms with Crippen LogP contribution in [-0.4, -0.2) is 33.3 Å². The fourth-order valence-electron chi connectivity index (χ4n) is 1.42. The summed E-state index contributed by atoms with van der Waals surface area (Å²) in [5, 5.41) is 2.78. The van der Waals surface area contributed by atoms with Crippen LogP contribution in [-0.2, 0) is 4.74 Å². The maximum absolute atomic E-state index is 11.9. The molecule has 0 bridgehead atoms. The molecule has 0 aliphatic heterocycles. The number of amides is 1. The summed E-state index contributed by atoms with van der Waals surface area (Å²) in [4.78, 5) is 11.9. The van der Waals surface area contributed by atoms with Gasteiger partial charge in [0.15, 0.2) is 0 Å². The molecular weight excluding hydrogens is 220 g/mol. The second kappa shape index (κ2) is 6.75. The smallest absolute Gasteiger partial charge is 0.255 e. The molecule has 1 aromatic carbocycles. The molecule has 0 radical (unpaired) electrons. The number of hydrogen-bond acceptors (Lipinski definition) is 4. The van der Waals surface area contributed by atoms with Crippen LogP contribution in [0.2, 0.25) is 0 Å². The molecule has 0 aliphatic carbocycles. The third-order valence-corrected chi connectivity index (χ3v) is 2.28. The molecule has 1 rings (SSSR count). The van der Waals surface area contributed by atoms with Crippen LogP contribution in [0.1, 0.15) is 16.8 Å². The molecule has 17 heavy (non-hydrogen) atoms. The fraction of sp³-hybridized carbons (Fsp3) is 0.417. The zero-order valence-corrected chi connectivity index (χ0v) is 10.2. The summed E-state index contributed by atoms with van der Waals surface area (Å²) in [6, 6.07) is 4.98. The van der Waals surface area contributed by atoms with Crippen molar-refractivity contribution in [3.63, 3.8) is 0 Å². The van der Waals surface area contributed by atoms with Crippen molar-refractivity contribution in [2.24, 2.45) is 0 Å². The van der Waals surface area contributed by atoms with Crippen LogP contribution in [0.15, 0.2) is 18.2 Å². The number of anilines is 1. The molecule has 5 heteroatoms. The van der Waals surface area contributed by atoms with E-state index in [-0.39, 0.29) is 5.91 Å². The van der Waals surface area contributed by atoms with Gasteiger partial charge >= 0.3 is 0 Å². The standard InChI is InChI=1S/C12H18N2O3/c1-16-7-3-6-14-12(15)10-8-9(13)4-5-11(10)17-2/h4-5,8H,3,6-7,13H2,1-2H3,(H,14,15). The average molecular weight is 238 g/mol. The monoisotopic (exact) mass is 238 g/mol. The minimum absolute atomic E-state index is 0.190. The summed E-state index contributed by atoms with van der Waals surface area (Å²) in [5.41, 5.74) is 6.62. The normalized spacial score (nSPS) is 10.0. The van der Waals surface area contributed by atoms with Gasteiger partial charge < -0.3 is 20.5 Å². The van der Waals surface area contributed by atoms with E-state index in [0.29, 0.717) is 30.2 Å². The molecular formula is C12H18N2O3. The Morgan fingerprint density at radius 1 is 1.41 bits per heavy atom. The highest BCUT2D eigenvalue weighted by Gasteiger charge is 2.11. The van der Waals surface area contributed by atoms with Gasteiger partial charge in [-0.1, -0.05) is 0 Å². The molecule has 0 saturated heterocycles. The highest BCUT2D eigenvalue weighted by Crippen LogP contribution is 2.20. The van der Waals surface area contributed by atoms with Gasteiger partial charge in [0.2, 0.25) is 0 Å². The Balaban J connectivity index is 2.64. The van der Waals surface area contributed by atoms with Gasteiger partial charge in [0.05, 0.1) is 12.7 Å². The third kappa shape index (κ3) is 3.96. The lowest BCUT2D eigenvalue weighted by atomic mass is 10.1. The Bertz CT molecular complexity index is 380. The van der Waals surface area contributed by atoms with Crippen molar-refractivity contribution in [3.8, 4) is 5.75 Å². The van der Waals surface area contributed by atoms with Crippen molar-refractivity contribution in [3.05, 3.63) is 23.8 Å². The summed E-state index contributed by atoms with van der Waals surface area (Å²) in [5.74, 6) is 0.327. The van der Waals surface area contributed by atoms with Gasteiger partial charge in [-0.2, -0.15) is 0 Å². The predicted octanol–water partition coefficient (Wildman–Crippen LogP) is 1.04. The zero-order valence-electron chi connectivity index (χ0n) is 10.2. The second-order valence-electron chi connectivity index (χ2n) is 3.56. The van der Waals surface area contributed by atoms with E-state index >= 15 is 0 Å². The lowest BCUT2D eigenvalue weighted by Crippen LogP contribution is -2.25. The molecule has 0 aliphatic rings. The second-order valence-corrected chi connectivity index (χ2v) is 3.56. The summed E-state index contributed by atoms with van der Waals surface area (Å²) in [6.07, 6.45) is 0.771. The van der Waals surface area contributed by atoms with Gasteiger partial charge in [0.1, 0.15) is 5.75 Å². The van der Waals surface area contributed by atoms with Crippen molar-refractivity contribution in [1.82, 2.24) is 5.32 Å². The lowest BCUT2D eigenvalue weighted by Gasteiger charge is -2.09. The molecule has 0 spiro atoms. The summed E-state index contributed by atoms with van der Waals surface area (Å²) < 4.78 is 10.0. The first-order chi connectivity index (χ1) is 8.19. The van der Waals surface area contributed by atoms with Crippen LogP contribution >= 0.6 is 0 Å². The fourth-order valence-corrected chi connectivity index (χ4v) is 1.42. The first-order valence-electron chi connectivity index (χ1n) is 5.39. The van der Waals surface area contributed by atoms with Gasteiger partial charge in [0, 0.05) is 25.9 Å². The van der Waals surface area contributed by atoms with Gasteiger partial charge in [-0.3, -0.25) is 4.79 Å². The van der Waals surface area contributed by atoms with Crippen molar-refractivity contribution >= 4 is 11.6 Å². The number of carbonyl (C=O) groups excluding carboxylic acids is 1. The van der Waals surface area contributed by atoms with Gasteiger partial charge in [-0.05, 0) is 24.6 Å². The number of hydrogen-bond donors (Lipinski definition) is 2. The van der Waals surface area contributed by atoms with E-state index in [0.717, 1.165) is 6.42 Å². The highest BCUT2D eigenvalue weighted by molar-refractivity contribution is 5.97. The Kier molecular flexibility index (Phi) is 5.29. The largest absolute Gasteiger partial charge is 0.496 e. The Morgan fingerprint density at radius 2 is 2.18 bits per heavy atom. The van der Waals surface area contributed by atoms with Crippen LogP contribution < -0.4 is 15.8 Å². The summed E-state index contributed by atoms with van der Waals surface area (Å²) in [7, 11) is 3.15. The molecule has 1 aromatic rings. The van der Waals surface area contributed by atoms with E-state index in [1.807, 2.05) is 0 Å². The third-order valence-electron chi connectivity index (χ3n) is 2.28. The van der Waals surface area contributed by atoms with Crippen LogP contribution in [0.25, 0.3) is 0 Å². The van der Waals surface area contributed by atoms with Gasteiger partial charge in [0.25, 0.3) is 5.91 Å². The van der Waals surface area contributed by atoms with Crippen molar-refractivity contribution in [1.29, 1.82) is 0 Å². The highest BCUT2D eigenvalue weighted by atomic mass is 16.5. The molecule has 0 fully saturated rings. The SMILES string of the molecule is COCCCNC(=O)c1cc(N)ccc1OC.